The van der Waals surface area contributed by atoms with Gasteiger partial charge >= 0.3 is 17.9 Å². The fourth-order valence-electron chi connectivity index (χ4n) is 3.63. The number of ether oxygens (including phenoxy) is 5. The third-order valence-corrected chi connectivity index (χ3v) is 5.39. The van der Waals surface area contributed by atoms with Gasteiger partial charge in [0.2, 0.25) is 0 Å². The van der Waals surface area contributed by atoms with Gasteiger partial charge in [-0.15, -0.1) is 0 Å². The number of hydrogen-bond acceptors (Lipinski definition) is 8. The normalized spacial score (nSPS) is 21.2. The van der Waals surface area contributed by atoms with Gasteiger partial charge in [-0.2, -0.15) is 0 Å². The second-order valence-corrected chi connectivity index (χ2v) is 7.72. The Morgan fingerprint density at radius 1 is 0.657 bits per heavy atom. The van der Waals surface area contributed by atoms with Crippen molar-refractivity contribution in [1.82, 2.24) is 0 Å². The lowest BCUT2D eigenvalue weighted by molar-refractivity contribution is -0.155. The molecule has 1 saturated heterocycles. The first kappa shape index (κ1) is 24.1. The predicted octanol–water partition coefficient (Wildman–Crippen LogP) is 3.67. The molecule has 8 heteroatoms. The van der Waals surface area contributed by atoms with Crippen LogP contribution in [0.4, 0.5) is 0 Å². The Hall–Kier alpha value is -4.01. The quantitative estimate of drug-likeness (QED) is 0.359. The smallest absolute Gasteiger partial charge is 0.338 e. The zero-order valence-electron chi connectivity index (χ0n) is 18.9. The summed E-state index contributed by atoms with van der Waals surface area (Å²) < 4.78 is 28.0. The van der Waals surface area contributed by atoms with Crippen LogP contribution in [-0.2, 0) is 23.7 Å². The third kappa shape index (κ3) is 5.92. The number of methoxy groups -OCH3 is 1. The van der Waals surface area contributed by atoms with Crippen molar-refractivity contribution in [2.45, 2.75) is 24.6 Å². The molecule has 3 aromatic carbocycles. The van der Waals surface area contributed by atoms with E-state index in [0.717, 1.165) is 0 Å². The third-order valence-electron chi connectivity index (χ3n) is 5.39. The van der Waals surface area contributed by atoms with Crippen LogP contribution in [0.5, 0.6) is 0 Å². The molecule has 1 aliphatic heterocycles. The molecule has 0 aromatic heterocycles. The average Bonchev–Trinajstić information content (AvgIpc) is 3.24. The monoisotopic (exact) mass is 476 g/mol. The second kappa shape index (κ2) is 11.4. The highest BCUT2D eigenvalue weighted by Gasteiger charge is 2.50. The Balaban J connectivity index is 1.54. The summed E-state index contributed by atoms with van der Waals surface area (Å²) in [5.74, 6) is -1.85. The van der Waals surface area contributed by atoms with E-state index in [-0.39, 0.29) is 6.61 Å². The Kier molecular flexibility index (Phi) is 7.87. The molecule has 0 N–H and O–H groups in total. The summed E-state index contributed by atoms with van der Waals surface area (Å²) in [6.45, 7) is -0.250. The van der Waals surface area contributed by atoms with Crippen LogP contribution in [0.25, 0.3) is 0 Å². The Morgan fingerprint density at radius 2 is 1.09 bits per heavy atom. The molecule has 4 atom stereocenters. The highest BCUT2D eigenvalue weighted by molar-refractivity contribution is 5.90. The zero-order valence-corrected chi connectivity index (χ0v) is 18.9. The van der Waals surface area contributed by atoms with E-state index in [1.54, 1.807) is 91.0 Å². The van der Waals surface area contributed by atoms with Crippen molar-refractivity contribution in [2.24, 2.45) is 0 Å². The van der Waals surface area contributed by atoms with Crippen LogP contribution in [0.3, 0.4) is 0 Å². The van der Waals surface area contributed by atoms with E-state index in [9.17, 15) is 14.4 Å². The number of carbonyl (C=O) groups is 3. The molecule has 1 aliphatic rings. The number of esters is 3. The maximum atomic E-state index is 12.8. The van der Waals surface area contributed by atoms with Crippen molar-refractivity contribution in [1.29, 1.82) is 0 Å². The molecular formula is C27H24O8. The summed E-state index contributed by atoms with van der Waals surface area (Å²) in [5.41, 5.74) is 0.981. The summed E-state index contributed by atoms with van der Waals surface area (Å²) in [4.78, 5) is 38.0. The summed E-state index contributed by atoms with van der Waals surface area (Å²) in [5, 5.41) is 0. The molecule has 4 rings (SSSR count). The van der Waals surface area contributed by atoms with Gasteiger partial charge < -0.3 is 23.7 Å². The first-order valence-electron chi connectivity index (χ1n) is 11.0. The summed E-state index contributed by atoms with van der Waals surface area (Å²) in [7, 11) is 1.38. The van der Waals surface area contributed by atoms with Gasteiger partial charge in [0.25, 0.3) is 0 Å². The van der Waals surface area contributed by atoms with Gasteiger partial charge in [-0.05, 0) is 36.4 Å². The molecule has 1 fully saturated rings. The molecule has 0 radical (unpaired) electrons. The van der Waals surface area contributed by atoms with Crippen LogP contribution in [-0.4, -0.2) is 56.2 Å². The molecule has 35 heavy (non-hydrogen) atoms. The highest BCUT2D eigenvalue weighted by Crippen LogP contribution is 2.29. The molecule has 1 heterocycles. The van der Waals surface area contributed by atoms with Crippen molar-refractivity contribution in [3.05, 3.63) is 108 Å². The van der Waals surface area contributed by atoms with Crippen LogP contribution >= 0.6 is 0 Å². The van der Waals surface area contributed by atoms with E-state index >= 15 is 0 Å². The van der Waals surface area contributed by atoms with Crippen LogP contribution in [0, 0.1) is 0 Å². The van der Waals surface area contributed by atoms with Crippen molar-refractivity contribution in [3.63, 3.8) is 0 Å². The predicted molar refractivity (Wildman–Crippen MR) is 124 cm³/mol. The molecule has 0 aliphatic carbocycles. The lowest BCUT2D eigenvalue weighted by atomic mass is 10.1. The molecule has 0 spiro atoms. The first-order valence-corrected chi connectivity index (χ1v) is 11.0. The lowest BCUT2D eigenvalue weighted by Gasteiger charge is -2.24. The van der Waals surface area contributed by atoms with Gasteiger partial charge in [-0.25, -0.2) is 14.4 Å². The first-order chi connectivity index (χ1) is 17.1. The SMILES string of the molecule is CO[C@H]1O[C@@H](COC(=O)c2ccccc2)[C@H](OC(=O)c2ccccc2)[C@@H]1OC(=O)c1ccccc1. The largest absolute Gasteiger partial charge is 0.459 e. The maximum absolute atomic E-state index is 12.8. The zero-order chi connectivity index (χ0) is 24.6. The van der Waals surface area contributed by atoms with E-state index in [1.807, 2.05) is 0 Å². The number of benzene rings is 3. The topological polar surface area (TPSA) is 97.4 Å². The van der Waals surface area contributed by atoms with Gasteiger partial charge in [0.1, 0.15) is 12.7 Å². The van der Waals surface area contributed by atoms with Gasteiger partial charge in [-0.1, -0.05) is 54.6 Å². The van der Waals surface area contributed by atoms with Crippen molar-refractivity contribution in [3.8, 4) is 0 Å². The Morgan fingerprint density at radius 3 is 1.54 bits per heavy atom. The standard InChI is InChI=1S/C27H24O8/c1-31-27-23(35-26(30)20-15-9-4-10-16-20)22(34-25(29)19-13-7-3-8-14-19)21(33-27)17-32-24(28)18-11-5-2-6-12-18/h2-16,21-23,27H,17H2,1H3/t21-,22-,23-,27-/m0/s1. The fourth-order valence-corrected chi connectivity index (χ4v) is 3.63. The minimum Gasteiger partial charge on any atom is -0.459 e. The lowest BCUT2D eigenvalue weighted by Crippen LogP contribution is -2.42. The minimum absolute atomic E-state index is 0.250. The molecule has 8 nitrogen and oxygen atoms in total. The van der Waals surface area contributed by atoms with Crippen LogP contribution in [0.15, 0.2) is 91.0 Å². The average molecular weight is 476 g/mol. The van der Waals surface area contributed by atoms with E-state index in [4.69, 9.17) is 23.7 Å². The fraction of sp³-hybridized carbons (Fsp3) is 0.222. The van der Waals surface area contributed by atoms with Gasteiger partial charge in [0.15, 0.2) is 18.5 Å². The van der Waals surface area contributed by atoms with Crippen LogP contribution < -0.4 is 0 Å². The highest BCUT2D eigenvalue weighted by atomic mass is 16.7. The second-order valence-electron chi connectivity index (χ2n) is 7.72. The van der Waals surface area contributed by atoms with E-state index < -0.39 is 42.5 Å². The van der Waals surface area contributed by atoms with E-state index in [0.29, 0.717) is 16.7 Å². The van der Waals surface area contributed by atoms with Crippen molar-refractivity contribution in [2.75, 3.05) is 13.7 Å². The molecule has 0 unspecified atom stereocenters. The maximum Gasteiger partial charge on any atom is 0.338 e. The molecule has 0 saturated carbocycles. The van der Waals surface area contributed by atoms with Gasteiger partial charge in [-0.3, -0.25) is 0 Å². The molecule has 180 valence electrons. The van der Waals surface area contributed by atoms with Crippen LogP contribution in [0.2, 0.25) is 0 Å². The minimum atomic E-state index is -1.10. The Bertz CT molecular complexity index is 1130. The summed E-state index contributed by atoms with van der Waals surface area (Å²) in [6, 6.07) is 25.2. The van der Waals surface area contributed by atoms with Gasteiger partial charge in [0.05, 0.1) is 16.7 Å². The molecular weight excluding hydrogens is 452 g/mol. The van der Waals surface area contributed by atoms with Crippen molar-refractivity contribution >= 4 is 17.9 Å². The molecule has 0 amide bonds. The Labute approximate surface area is 202 Å². The van der Waals surface area contributed by atoms with Gasteiger partial charge in [0, 0.05) is 7.11 Å². The number of rotatable bonds is 8. The number of hydrogen-bond donors (Lipinski definition) is 0. The molecule has 0 bridgehead atoms. The van der Waals surface area contributed by atoms with E-state index in [2.05, 4.69) is 0 Å². The molecule has 3 aromatic rings. The number of carbonyl (C=O) groups excluding carboxylic acids is 3. The van der Waals surface area contributed by atoms with Crippen LogP contribution in [0.1, 0.15) is 31.1 Å². The van der Waals surface area contributed by atoms with E-state index in [1.165, 1.54) is 7.11 Å². The van der Waals surface area contributed by atoms with Crippen molar-refractivity contribution < 1.29 is 38.1 Å². The summed E-state index contributed by atoms with van der Waals surface area (Å²) in [6.07, 6.45) is -4.17. The summed E-state index contributed by atoms with van der Waals surface area (Å²) >= 11 is 0.